The maximum absolute atomic E-state index is 9.15. The molecule has 0 aliphatic heterocycles. The van der Waals surface area contributed by atoms with Gasteiger partial charge in [-0.3, -0.25) is 0 Å². The second-order valence-electron chi connectivity index (χ2n) is 0.618. The van der Waals surface area contributed by atoms with Crippen molar-refractivity contribution in [1.82, 2.24) is 0 Å². The summed E-state index contributed by atoms with van der Waals surface area (Å²) in [5.41, 5.74) is 0. The number of nitrogens with two attached hydrogens (primary N) is 1. The molecule has 0 fully saturated rings. The molecule has 8 heavy (non-hydrogen) atoms. The Kier molecular flexibility index (Phi) is 15.4. The molecule has 0 aliphatic carbocycles. The first kappa shape index (κ1) is 16.7. The van der Waals surface area contributed by atoms with Gasteiger partial charge in [0, 0.05) is 0 Å². The zero-order valence-electron chi connectivity index (χ0n) is 4.42. The Balaban J connectivity index is -0.000000125. The first-order valence-electron chi connectivity index (χ1n) is 1.05. The summed E-state index contributed by atoms with van der Waals surface area (Å²) in [7, 11) is -5.10. The molecule has 0 amide bonds. The van der Waals surface area contributed by atoms with Gasteiger partial charge in [0.25, 0.3) is 0 Å². The summed E-state index contributed by atoms with van der Waals surface area (Å²) >= 11 is 0. The van der Waals surface area contributed by atoms with Crippen LogP contribution in [0.25, 0.3) is 0 Å². The van der Waals surface area contributed by atoms with Crippen molar-refractivity contribution in [3.63, 3.8) is 0 Å². The van der Waals surface area contributed by atoms with E-state index in [1.165, 1.54) is 0 Å². The molecule has 5 nitrogen and oxygen atoms in total. The van der Waals surface area contributed by atoms with E-state index in [1.54, 1.807) is 0 Å². The molecule has 0 aliphatic rings. The minimum atomic E-state index is -5.10. The Morgan fingerprint density at radius 3 is 1.38 bits per heavy atom. The Morgan fingerprint density at radius 2 is 1.38 bits per heavy atom. The van der Waals surface area contributed by atoms with Crippen LogP contribution >= 0.6 is 0 Å². The molecule has 0 aromatic carbocycles. The summed E-state index contributed by atoms with van der Waals surface area (Å²) in [5.74, 6) is 3.93. The molecule has 0 aromatic heterocycles. The van der Waals surface area contributed by atoms with Gasteiger partial charge in [-0.1, -0.05) is 9.05 Å². The van der Waals surface area contributed by atoms with Gasteiger partial charge in [-0.05, 0) is 0 Å². The van der Waals surface area contributed by atoms with Crippen LogP contribution in [-0.4, -0.2) is 46.8 Å². The van der Waals surface area contributed by atoms with Gasteiger partial charge in [0.15, 0.2) is 0 Å². The minimum Gasteiger partial charge on any atom is -0.859 e. The molecule has 0 spiro atoms. The Morgan fingerprint density at radius 1 is 1.25 bits per heavy atom. The van der Waals surface area contributed by atoms with Crippen LogP contribution in [-0.2, 0) is 4.53 Å². The standard InChI is InChI=1S/Ca.H2NO4Si.Na/c;1-5-6(2,3)4;/h;1H2;/q+2;-3;+1. The average Bonchev–Trinajstić information content (AvgIpc) is 1.35. The maximum Gasteiger partial charge on any atom is 2.00 e. The molecule has 0 unspecified atom stereocenters. The Hall–Kier alpha value is 2.28. The van der Waals surface area contributed by atoms with E-state index in [-0.39, 0.29) is 67.3 Å². The van der Waals surface area contributed by atoms with E-state index in [1.807, 2.05) is 0 Å². The first-order chi connectivity index (χ1) is 2.56. The van der Waals surface area contributed by atoms with Crippen LogP contribution in [0.1, 0.15) is 0 Å². The summed E-state index contributed by atoms with van der Waals surface area (Å²) in [5, 5.41) is 0. The van der Waals surface area contributed by atoms with E-state index in [9.17, 15) is 0 Å². The van der Waals surface area contributed by atoms with Crippen molar-refractivity contribution in [2.75, 3.05) is 0 Å². The third-order valence-electron chi connectivity index (χ3n) is 0.144. The average molecular weight is 171 g/mol. The molecule has 0 atom stereocenters. The zero-order valence-corrected chi connectivity index (χ0v) is 9.63. The van der Waals surface area contributed by atoms with Crippen molar-refractivity contribution < 1.29 is 48.5 Å². The van der Waals surface area contributed by atoms with Crippen LogP contribution < -0.4 is 49.8 Å². The molecular formula is H2CaNNaO4Si. The molecule has 0 saturated heterocycles. The largest absolute Gasteiger partial charge is 2.00 e. The summed E-state index contributed by atoms with van der Waals surface area (Å²) in [6.45, 7) is 0. The summed E-state index contributed by atoms with van der Waals surface area (Å²) in [6, 6.07) is 0. The first-order valence-corrected chi connectivity index (χ1v) is 2.69. The molecule has 0 bridgehead atoms. The number of rotatable bonds is 1. The van der Waals surface area contributed by atoms with Crippen molar-refractivity contribution in [3.8, 4) is 0 Å². The molecule has 2 N–H and O–H groups in total. The van der Waals surface area contributed by atoms with Gasteiger partial charge in [-0.15, -0.1) is 0 Å². The third kappa shape index (κ3) is 15.7. The van der Waals surface area contributed by atoms with Crippen LogP contribution in [0.15, 0.2) is 0 Å². The summed E-state index contributed by atoms with van der Waals surface area (Å²) in [4.78, 5) is 27.5. The van der Waals surface area contributed by atoms with Gasteiger partial charge in [0.2, 0.25) is 0 Å². The SMILES string of the molecule is NO[Si]([O-])([O-])[O-].[Ca+2].[Na+]. The summed E-state index contributed by atoms with van der Waals surface area (Å²) in [6.07, 6.45) is 0. The maximum atomic E-state index is 9.15. The van der Waals surface area contributed by atoms with Gasteiger partial charge in [-0.25, -0.2) is 5.90 Å². The summed E-state index contributed by atoms with van der Waals surface area (Å²) < 4.78 is 2.91. The van der Waals surface area contributed by atoms with Crippen LogP contribution in [0.3, 0.4) is 0 Å². The van der Waals surface area contributed by atoms with Crippen LogP contribution in [0, 0.1) is 0 Å². The molecule has 8 heteroatoms. The Bertz CT molecular complexity index is 45.8. The van der Waals surface area contributed by atoms with Gasteiger partial charge < -0.3 is 18.9 Å². The second-order valence-corrected chi connectivity index (χ2v) is 1.85. The van der Waals surface area contributed by atoms with E-state index in [0.29, 0.717) is 0 Å². The quantitative estimate of drug-likeness (QED) is 0.311. The van der Waals surface area contributed by atoms with E-state index >= 15 is 0 Å². The zero-order chi connectivity index (χ0) is 5.21. The fourth-order valence-corrected chi connectivity index (χ4v) is 0. The molecule has 38 valence electrons. The van der Waals surface area contributed by atoms with Crippen LogP contribution in [0.4, 0.5) is 0 Å². The smallest absolute Gasteiger partial charge is 0.859 e. The van der Waals surface area contributed by atoms with Crippen molar-refractivity contribution in [2.24, 2.45) is 5.90 Å². The number of hydrogen-bond acceptors (Lipinski definition) is 5. The van der Waals surface area contributed by atoms with E-state index < -0.39 is 9.05 Å². The molecule has 0 radical (unpaired) electrons. The molecule has 0 saturated carbocycles. The monoisotopic (exact) mass is 171 g/mol. The van der Waals surface area contributed by atoms with E-state index in [2.05, 4.69) is 10.4 Å². The van der Waals surface area contributed by atoms with Crippen molar-refractivity contribution in [2.45, 2.75) is 0 Å². The molecule has 0 aromatic rings. The fourth-order valence-electron chi connectivity index (χ4n) is 0. The van der Waals surface area contributed by atoms with Crippen LogP contribution in [0.2, 0.25) is 0 Å². The van der Waals surface area contributed by atoms with Crippen molar-refractivity contribution in [3.05, 3.63) is 0 Å². The predicted octanol–water partition coefficient (Wildman–Crippen LogP) is -7.98. The van der Waals surface area contributed by atoms with Crippen molar-refractivity contribution >= 4 is 46.8 Å². The van der Waals surface area contributed by atoms with Crippen molar-refractivity contribution in [1.29, 1.82) is 0 Å². The van der Waals surface area contributed by atoms with Gasteiger partial charge in [0.05, 0.1) is 0 Å². The Labute approximate surface area is 99.6 Å². The molecule has 0 rings (SSSR count). The van der Waals surface area contributed by atoms with E-state index in [0.717, 1.165) is 0 Å². The predicted molar refractivity (Wildman–Crippen MR) is 16.8 cm³/mol. The van der Waals surface area contributed by atoms with Crippen LogP contribution in [0.5, 0.6) is 0 Å². The fraction of sp³-hybridized carbons (Fsp3) is 0. The van der Waals surface area contributed by atoms with Gasteiger partial charge in [-0.2, -0.15) is 0 Å². The third-order valence-corrected chi connectivity index (χ3v) is 0.433. The second kappa shape index (κ2) is 7.38. The molecular weight excluding hydrogens is 169 g/mol. The molecule has 0 heterocycles. The van der Waals surface area contributed by atoms with Gasteiger partial charge in [0.1, 0.15) is 0 Å². The van der Waals surface area contributed by atoms with Gasteiger partial charge >= 0.3 is 67.3 Å². The van der Waals surface area contributed by atoms with E-state index in [4.69, 9.17) is 14.4 Å². The number of hydrogen-bond donors (Lipinski definition) is 1. The topological polar surface area (TPSA) is 104 Å². The normalized spacial score (nSPS) is 9.00. The minimum absolute atomic E-state index is 0.